The van der Waals surface area contributed by atoms with Gasteiger partial charge in [0.05, 0.1) is 11.4 Å². The maximum absolute atomic E-state index is 4.55. The summed E-state index contributed by atoms with van der Waals surface area (Å²) < 4.78 is 1.85. The van der Waals surface area contributed by atoms with Gasteiger partial charge in [-0.05, 0) is 24.6 Å². The first kappa shape index (κ1) is 13.5. The smallest absolute Gasteiger partial charge is 0.116 e. The zero-order chi connectivity index (χ0) is 14.0. The second kappa shape index (κ2) is 4.96. The second-order valence-corrected chi connectivity index (χ2v) is 5.78. The summed E-state index contributed by atoms with van der Waals surface area (Å²) in [6.07, 6.45) is 9.51. The molecule has 0 saturated heterocycles. The topological polar surface area (TPSA) is 43.6 Å². The number of aromatic nitrogens is 4. The lowest BCUT2D eigenvalue weighted by molar-refractivity contribution is 0.552. The Morgan fingerprint density at radius 1 is 1.21 bits per heavy atom. The molecule has 0 radical (unpaired) electrons. The van der Waals surface area contributed by atoms with Gasteiger partial charge in [0.25, 0.3) is 0 Å². The standard InChI is InChI=1S/C15H20N4/c1-11-8-16-10-17-13(11)7-6-12-9-19(5)18-14(12)15(2,3)4/h6-10H,1-5H3/b7-6+. The maximum atomic E-state index is 4.55. The third kappa shape index (κ3) is 3.08. The third-order valence-electron chi connectivity index (χ3n) is 2.92. The van der Waals surface area contributed by atoms with Crippen LogP contribution in [-0.4, -0.2) is 19.7 Å². The molecule has 2 rings (SSSR count). The van der Waals surface area contributed by atoms with Crippen LogP contribution in [0.3, 0.4) is 0 Å². The Hall–Kier alpha value is -1.97. The van der Waals surface area contributed by atoms with Crippen molar-refractivity contribution in [2.24, 2.45) is 7.05 Å². The maximum Gasteiger partial charge on any atom is 0.116 e. The number of nitrogens with zero attached hydrogens (tertiary/aromatic N) is 4. The highest BCUT2D eigenvalue weighted by Gasteiger charge is 2.20. The summed E-state index contributed by atoms with van der Waals surface area (Å²) in [7, 11) is 1.95. The first-order valence-electron chi connectivity index (χ1n) is 6.37. The number of aryl methyl sites for hydroxylation is 2. The van der Waals surface area contributed by atoms with Gasteiger partial charge in [-0.25, -0.2) is 9.97 Å². The van der Waals surface area contributed by atoms with Gasteiger partial charge in [-0.2, -0.15) is 5.10 Å². The van der Waals surface area contributed by atoms with E-state index < -0.39 is 0 Å². The Morgan fingerprint density at radius 3 is 2.58 bits per heavy atom. The predicted octanol–water partition coefficient (Wildman–Crippen LogP) is 2.99. The molecule has 0 bridgehead atoms. The quantitative estimate of drug-likeness (QED) is 0.829. The summed E-state index contributed by atoms with van der Waals surface area (Å²) in [5, 5.41) is 4.55. The molecule has 2 heterocycles. The van der Waals surface area contributed by atoms with Crippen molar-refractivity contribution in [2.45, 2.75) is 33.1 Å². The molecule has 0 N–H and O–H groups in total. The lowest BCUT2D eigenvalue weighted by Gasteiger charge is -2.16. The number of hydrogen-bond donors (Lipinski definition) is 0. The highest BCUT2D eigenvalue weighted by atomic mass is 15.3. The lowest BCUT2D eigenvalue weighted by atomic mass is 9.89. The molecule has 0 spiro atoms. The average molecular weight is 256 g/mol. The Labute approximate surface area is 114 Å². The van der Waals surface area contributed by atoms with Crippen molar-refractivity contribution >= 4 is 12.2 Å². The van der Waals surface area contributed by atoms with Crippen molar-refractivity contribution in [1.82, 2.24) is 19.7 Å². The molecule has 19 heavy (non-hydrogen) atoms. The van der Waals surface area contributed by atoms with Gasteiger partial charge in [0.2, 0.25) is 0 Å². The second-order valence-electron chi connectivity index (χ2n) is 5.78. The Morgan fingerprint density at radius 2 is 1.95 bits per heavy atom. The van der Waals surface area contributed by atoms with E-state index in [4.69, 9.17) is 0 Å². The van der Waals surface area contributed by atoms with E-state index >= 15 is 0 Å². The molecule has 0 aliphatic carbocycles. The molecule has 0 fully saturated rings. The molecule has 0 unspecified atom stereocenters. The molecule has 0 saturated carbocycles. The molecular weight excluding hydrogens is 236 g/mol. The van der Waals surface area contributed by atoms with Gasteiger partial charge in [0.15, 0.2) is 0 Å². The molecule has 0 amide bonds. The Bertz CT molecular complexity index is 603. The zero-order valence-electron chi connectivity index (χ0n) is 12.2. The van der Waals surface area contributed by atoms with E-state index in [1.807, 2.05) is 37.1 Å². The molecule has 100 valence electrons. The fraction of sp³-hybridized carbons (Fsp3) is 0.400. The number of rotatable bonds is 2. The molecular formula is C15H20N4. The first-order chi connectivity index (χ1) is 8.88. The zero-order valence-corrected chi connectivity index (χ0v) is 12.2. The minimum absolute atomic E-state index is 0.0294. The summed E-state index contributed by atoms with van der Waals surface area (Å²) in [6, 6.07) is 0. The average Bonchev–Trinajstić information content (AvgIpc) is 2.69. The van der Waals surface area contributed by atoms with E-state index in [1.54, 1.807) is 6.33 Å². The lowest BCUT2D eigenvalue weighted by Crippen LogP contribution is -2.13. The SMILES string of the molecule is Cc1cncnc1/C=C/c1cn(C)nc1C(C)(C)C. The van der Waals surface area contributed by atoms with E-state index in [2.05, 4.69) is 41.9 Å². The summed E-state index contributed by atoms with van der Waals surface area (Å²) in [4.78, 5) is 8.27. The Kier molecular flexibility index (Phi) is 3.51. The van der Waals surface area contributed by atoms with Gasteiger partial charge < -0.3 is 0 Å². The number of hydrogen-bond acceptors (Lipinski definition) is 3. The first-order valence-corrected chi connectivity index (χ1v) is 6.37. The van der Waals surface area contributed by atoms with E-state index in [0.717, 1.165) is 22.5 Å². The largest absolute Gasteiger partial charge is 0.275 e. The summed E-state index contributed by atoms with van der Waals surface area (Å²) in [5.74, 6) is 0. The highest BCUT2D eigenvalue weighted by Crippen LogP contribution is 2.25. The van der Waals surface area contributed by atoms with Crippen molar-refractivity contribution in [3.63, 3.8) is 0 Å². The van der Waals surface area contributed by atoms with E-state index in [0.29, 0.717) is 0 Å². The molecule has 4 heteroatoms. The van der Waals surface area contributed by atoms with Crippen LogP contribution in [0.25, 0.3) is 12.2 Å². The van der Waals surface area contributed by atoms with Crippen LogP contribution in [0.15, 0.2) is 18.7 Å². The molecule has 0 aliphatic heterocycles. The molecule has 0 atom stereocenters. The van der Waals surface area contributed by atoms with E-state index in [9.17, 15) is 0 Å². The van der Waals surface area contributed by atoms with Crippen molar-refractivity contribution in [1.29, 1.82) is 0 Å². The van der Waals surface area contributed by atoms with Crippen LogP contribution in [-0.2, 0) is 12.5 Å². The van der Waals surface area contributed by atoms with Crippen LogP contribution in [0, 0.1) is 6.92 Å². The van der Waals surface area contributed by atoms with Gasteiger partial charge in [-0.15, -0.1) is 0 Å². The van der Waals surface area contributed by atoms with Crippen LogP contribution in [0.4, 0.5) is 0 Å². The minimum Gasteiger partial charge on any atom is -0.275 e. The molecule has 4 nitrogen and oxygen atoms in total. The molecule has 0 aromatic carbocycles. The van der Waals surface area contributed by atoms with Crippen LogP contribution < -0.4 is 0 Å². The minimum atomic E-state index is 0.0294. The van der Waals surface area contributed by atoms with E-state index in [1.165, 1.54) is 0 Å². The van der Waals surface area contributed by atoms with Crippen LogP contribution in [0.1, 0.15) is 43.3 Å². The van der Waals surface area contributed by atoms with Gasteiger partial charge in [0, 0.05) is 30.4 Å². The molecule has 2 aromatic heterocycles. The molecule has 0 aliphatic rings. The highest BCUT2D eigenvalue weighted by molar-refractivity contribution is 5.70. The van der Waals surface area contributed by atoms with Crippen LogP contribution in [0.5, 0.6) is 0 Å². The fourth-order valence-electron chi connectivity index (χ4n) is 1.96. The van der Waals surface area contributed by atoms with Crippen molar-refractivity contribution in [2.75, 3.05) is 0 Å². The summed E-state index contributed by atoms with van der Waals surface area (Å²) in [6.45, 7) is 8.52. The van der Waals surface area contributed by atoms with Crippen molar-refractivity contribution < 1.29 is 0 Å². The molecule has 2 aromatic rings. The van der Waals surface area contributed by atoms with Gasteiger partial charge >= 0.3 is 0 Å². The normalized spacial score (nSPS) is 12.3. The van der Waals surface area contributed by atoms with Crippen LogP contribution >= 0.6 is 0 Å². The van der Waals surface area contributed by atoms with Crippen LogP contribution in [0.2, 0.25) is 0 Å². The summed E-state index contributed by atoms with van der Waals surface area (Å²) >= 11 is 0. The third-order valence-corrected chi connectivity index (χ3v) is 2.92. The van der Waals surface area contributed by atoms with E-state index in [-0.39, 0.29) is 5.41 Å². The monoisotopic (exact) mass is 256 g/mol. The fourth-order valence-corrected chi connectivity index (χ4v) is 1.96. The van der Waals surface area contributed by atoms with Crippen molar-refractivity contribution in [3.05, 3.63) is 41.2 Å². The van der Waals surface area contributed by atoms with Gasteiger partial charge in [0.1, 0.15) is 6.33 Å². The van der Waals surface area contributed by atoms with Gasteiger partial charge in [-0.3, -0.25) is 4.68 Å². The Balaban J connectivity index is 2.37. The predicted molar refractivity (Wildman–Crippen MR) is 77.6 cm³/mol. The van der Waals surface area contributed by atoms with Gasteiger partial charge in [-0.1, -0.05) is 20.8 Å². The van der Waals surface area contributed by atoms with Crippen molar-refractivity contribution in [3.8, 4) is 0 Å². The summed E-state index contributed by atoms with van der Waals surface area (Å²) in [5.41, 5.74) is 4.27.